The lowest BCUT2D eigenvalue weighted by Gasteiger charge is -2.36. The second kappa shape index (κ2) is 7.86. The number of nitrogens with zero attached hydrogens (tertiary/aromatic N) is 2. The zero-order chi connectivity index (χ0) is 24.0. The van der Waals surface area contributed by atoms with Crippen LogP contribution < -0.4 is 11.0 Å². The summed E-state index contributed by atoms with van der Waals surface area (Å²) in [5, 5.41) is 24.1. The van der Waals surface area contributed by atoms with Crippen LogP contribution in [0.4, 0.5) is 5.69 Å². The predicted molar refractivity (Wildman–Crippen MR) is 129 cm³/mol. The third kappa shape index (κ3) is 3.23. The lowest BCUT2D eigenvalue weighted by atomic mass is 9.92. The topological polar surface area (TPSA) is 119 Å². The highest BCUT2D eigenvalue weighted by Gasteiger charge is 2.55. The Hall–Kier alpha value is -4.43. The fourth-order valence-electron chi connectivity index (χ4n) is 4.12. The van der Waals surface area contributed by atoms with Crippen LogP contribution in [0.25, 0.3) is 16.6 Å². The Labute approximate surface area is 194 Å². The van der Waals surface area contributed by atoms with Gasteiger partial charge in [-0.2, -0.15) is 0 Å². The first kappa shape index (κ1) is 21.4. The summed E-state index contributed by atoms with van der Waals surface area (Å²) in [6.45, 7) is 3.73. The molecule has 5 rings (SSSR count). The van der Waals surface area contributed by atoms with E-state index in [9.17, 15) is 19.8 Å². The molecule has 0 spiro atoms. The van der Waals surface area contributed by atoms with E-state index < -0.39 is 23.0 Å². The number of aryl methyl sites for hydroxylation is 2. The van der Waals surface area contributed by atoms with Crippen molar-refractivity contribution in [3.05, 3.63) is 111 Å². The third-order valence-corrected chi connectivity index (χ3v) is 5.98. The average Bonchev–Trinajstić information content (AvgIpc) is 3.01. The van der Waals surface area contributed by atoms with Crippen molar-refractivity contribution >= 4 is 28.2 Å². The molecule has 1 aliphatic rings. The largest absolute Gasteiger partial charge is 0.503 e. The molecule has 3 aromatic carbocycles. The Morgan fingerprint density at radius 3 is 2.35 bits per heavy atom. The van der Waals surface area contributed by atoms with E-state index >= 15 is 0 Å². The van der Waals surface area contributed by atoms with E-state index in [0.29, 0.717) is 16.7 Å². The zero-order valence-electron chi connectivity index (χ0n) is 18.5. The van der Waals surface area contributed by atoms with E-state index in [2.05, 4.69) is 15.4 Å². The molecule has 1 amide bonds. The van der Waals surface area contributed by atoms with Gasteiger partial charge in [0, 0.05) is 5.56 Å². The van der Waals surface area contributed by atoms with Crippen LogP contribution in [-0.4, -0.2) is 31.1 Å². The molecule has 0 saturated heterocycles. The number of carbonyl (C=O) groups excluding carboxylic acids is 1. The Bertz CT molecular complexity index is 1520. The smallest absolute Gasteiger partial charge is 0.310 e. The van der Waals surface area contributed by atoms with E-state index in [-0.39, 0.29) is 16.8 Å². The second-order valence-corrected chi connectivity index (χ2v) is 8.26. The minimum Gasteiger partial charge on any atom is -0.503 e. The van der Waals surface area contributed by atoms with Gasteiger partial charge in [-0.05, 0) is 37.6 Å². The standard InChI is InChI=1S/C26H22N4O4/c1-15-11-13-17(14-12-15)26(34)21(22-24(32)28-20-10-6-5-9-19(20)27-22)23(31)25(33)30(26)29-18-8-4-3-7-16(18)2/h3-14,29,31,34H,1-2H3,(H,28,32). The number of anilines is 1. The monoisotopic (exact) mass is 454 g/mol. The minimum absolute atomic E-state index is 0.248. The van der Waals surface area contributed by atoms with Crippen molar-refractivity contribution in [2.24, 2.45) is 0 Å². The van der Waals surface area contributed by atoms with Gasteiger partial charge in [0.15, 0.2) is 5.76 Å². The molecule has 170 valence electrons. The SMILES string of the molecule is Cc1ccc(C2(O)C(c3nc4ccccc4[nH]c3=O)=C(O)C(=O)N2Nc2ccccc2C)cc1. The number of aliphatic hydroxyl groups excluding tert-OH is 1. The molecule has 0 saturated carbocycles. The van der Waals surface area contributed by atoms with Gasteiger partial charge in [0.25, 0.3) is 5.56 Å². The maximum absolute atomic E-state index is 13.3. The molecule has 1 aromatic heterocycles. The van der Waals surface area contributed by atoms with Gasteiger partial charge in [-0.3, -0.25) is 15.0 Å². The van der Waals surface area contributed by atoms with E-state index in [1.54, 1.807) is 60.7 Å². The van der Waals surface area contributed by atoms with E-state index in [1.807, 2.05) is 26.0 Å². The molecule has 4 N–H and O–H groups in total. The predicted octanol–water partition coefficient (Wildman–Crippen LogP) is 3.52. The fraction of sp³-hybridized carbons (Fsp3) is 0.115. The van der Waals surface area contributed by atoms with Gasteiger partial charge < -0.3 is 15.2 Å². The zero-order valence-corrected chi connectivity index (χ0v) is 18.5. The second-order valence-electron chi connectivity index (χ2n) is 8.26. The number of H-pyrrole nitrogens is 1. The van der Waals surface area contributed by atoms with Crippen LogP contribution in [0.5, 0.6) is 0 Å². The van der Waals surface area contributed by atoms with Gasteiger partial charge in [-0.1, -0.05) is 60.2 Å². The highest BCUT2D eigenvalue weighted by Crippen LogP contribution is 2.45. The Morgan fingerprint density at radius 1 is 0.941 bits per heavy atom. The first-order chi connectivity index (χ1) is 16.3. The van der Waals surface area contributed by atoms with Crippen molar-refractivity contribution in [1.82, 2.24) is 15.0 Å². The van der Waals surface area contributed by atoms with Gasteiger partial charge in [0.1, 0.15) is 5.69 Å². The van der Waals surface area contributed by atoms with Gasteiger partial charge in [-0.25, -0.2) is 9.99 Å². The van der Waals surface area contributed by atoms with Crippen LogP contribution in [0, 0.1) is 13.8 Å². The van der Waals surface area contributed by atoms with Crippen LogP contribution in [0.2, 0.25) is 0 Å². The van der Waals surface area contributed by atoms with Gasteiger partial charge >= 0.3 is 5.91 Å². The van der Waals surface area contributed by atoms with Crippen molar-refractivity contribution in [3.8, 4) is 0 Å². The van der Waals surface area contributed by atoms with Crippen LogP contribution in [0.1, 0.15) is 22.4 Å². The van der Waals surface area contributed by atoms with Crippen LogP contribution in [0.3, 0.4) is 0 Å². The summed E-state index contributed by atoms with van der Waals surface area (Å²) in [5.74, 6) is -1.66. The van der Waals surface area contributed by atoms with Crippen molar-refractivity contribution in [2.75, 3.05) is 5.43 Å². The molecule has 1 atom stereocenters. The van der Waals surface area contributed by atoms with E-state index in [4.69, 9.17) is 0 Å². The van der Waals surface area contributed by atoms with Crippen molar-refractivity contribution in [3.63, 3.8) is 0 Å². The number of aromatic amines is 1. The number of aliphatic hydroxyl groups is 2. The van der Waals surface area contributed by atoms with Gasteiger partial charge in [-0.15, -0.1) is 0 Å². The molecule has 4 aromatic rings. The van der Waals surface area contributed by atoms with Crippen molar-refractivity contribution < 1.29 is 15.0 Å². The number of fused-ring (bicyclic) bond motifs is 1. The molecule has 1 aliphatic heterocycles. The molecule has 1 unspecified atom stereocenters. The number of nitrogens with one attached hydrogen (secondary N) is 2. The highest BCUT2D eigenvalue weighted by molar-refractivity contribution is 6.06. The number of carbonyl (C=O) groups is 1. The number of aromatic nitrogens is 2. The summed E-state index contributed by atoms with van der Waals surface area (Å²) in [6, 6.07) is 20.9. The molecule has 34 heavy (non-hydrogen) atoms. The molecular formula is C26H22N4O4. The van der Waals surface area contributed by atoms with Crippen LogP contribution >= 0.6 is 0 Å². The number of rotatable bonds is 4. The van der Waals surface area contributed by atoms with Crippen LogP contribution in [-0.2, 0) is 10.5 Å². The molecule has 0 radical (unpaired) electrons. The van der Waals surface area contributed by atoms with Gasteiger partial charge in [0.2, 0.25) is 5.72 Å². The number of amides is 1. The van der Waals surface area contributed by atoms with Gasteiger partial charge in [0.05, 0.1) is 22.3 Å². The summed E-state index contributed by atoms with van der Waals surface area (Å²) in [6.07, 6.45) is 0. The third-order valence-electron chi connectivity index (χ3n) is 5.98. The fourth-order valence-corrected chi connectivity index (χ4v) is 4.12. The summed E-state index contributed by atoms with van der Waals surface area (Å²) in [4.78, 5) is 33.5. The number of hydrazine groups is 1. The van der Waals surface area contributed by atoms with E-state index in [0.717, 1.165) is 16.1 Å². The summed E-state index contributed by atoms with van der Waals surface area (Å²) in [7, 11) is 0. The van der Waals surface area contributed by atoms with E-state index in [1.165, 1.54) is 0 Å². The molecule has 0 fully saturated rings. The Balaban J connectivity index is 1.75. The summed E-state index contributed by atoms with van der Waals surface area (Å²) in [5.41, 5.74) is 3.05. The Kier molecular flexibility index (Phi) is 4.95. The lowest BCUT2D eigenvalue weighted by Crippen LogP contribution is -2.49. The molecule has 8 heteroatoms. The molecule has 2 heterocycles. The maximum Gasteiger partial charge on any atom is 0.310 e. The highest BCUT2D eigenvalue weighted by atomic mass is 16.3. The normalized spacial score (nSPS) is 18.1. The molecule has 0 bridgehead atoms. The summed E-state index contributed by atoms with van der Waals surface area (Å²) < 4.78 is 0. The van der Waals surface area contributed by atoms with Crippen LogP contribution in [0.15, 0.2) is 83.4 Å². The molecule has 8 nitrogen and oxygen atoms in total. The number of para-hydroxylation sites is 3. The number of hydrogen-bond acceptors (Lipinski definition) is 6. The van der Waals surface area contributed by atoms with Crippen molar-refractivity contribution in [2.45, 2.75) is 19.6 Å². The molecular weight excluding hydrogens is 432 g/mol. The summed E-state index contributed by atoms with van der Waals surface area (Å²) >= 11 is 0. The first-order valence-corrected chi connectivity index (χ1v) is 10.7. The average molecular weight is 454 g/mol. The quantitative estimate of drug-likeness (QED) is 0.375. The minimum atomic E-state index is -2.22. The number of benzene rings is 3. The first-order valence-electron chi connectivity index (χ1n) is 10.7. The number of hydrogen-bond donors (Lipinski definition) is 4. The molecule has 0 aliphatic carbocycles. The maximum atomic E-state index is 13.3. The Morgan fingerprint density at radius 2 is 1.62 bits per heavy atom. The lowest BCUT2D eigenvalue weighted by molar-refractivity contribution is -0.140. The van der Waals surface area contributed by atoms with Crippen molar-refractivity contribution in [1.29, 1.82) is 0 Å².